The van der Waals surface area contributed by atoms with E-state index in [4.69, 9.17) is 0 Å². The first-order valence-corrected chi connectivity index (χ1v) is 9.43. The van der Waals surface area contributed by atoms with Gasteiger partial charge < -0.3 is 16.0 Å². The normalized spacial score (nSPS) is 13.1. The summed E-state index contributed by atoms with van der Waals surface area (Å²) < 4.78 is 1.17. The summed E-state index contributed by atoms with van der Waals surface area (Å²) in [4.78, 5) is 36.7. The number of carbonyl (C=O) groups excluding carboxylic acids is 2. The number of urea groups is 1. The third-order valence-electron chi connectivity index (χ3n) is 4.68. The molecule has 8 nitrogen and oxygen atoms in total. The van der Waals surface area contributed by atoms with E-state index in [0.29, 0.717) is 22.5 Å². The lowest BCUT2D eigenvalue weighted by atomic mass is 10.1. The van der Waals surface area contributed by atoms with Crippen LogP contribution in [0, 0.1) is 6.92 Å². The van der Waals surface area contributed by atoms with Gasteiger partial charge in [0.15, 0.2) is 0 Å². The second-order valence-electron chi connectivity index (χ2n) is 7.09. The van der Waals surface area contributed by atoms with Gasteiger partial charge in [-0.25, -0.2) is 9.48 Å². The van der Waals surface area contributed by atoms with Crippen molar-refractivity contribution in [3.05, 3.63) is 64.6 Å². The van der Waals surface area contributed by atoms with Gasteiger partial charge >= 0.3 is 6.03 Å². The largest absolute Gasteiger partial charge is 0.335 e. The minimum Gasteiger partial charge on any atom is -0.335 e. The number of hydrogen-bond acceptors (Lipinski definition) is 4. The Kier molecular flexibility index (Phi) is 4.99. The Balaban J connectivity index is 1.40. The third kappa shape index (κ3) is 4.43. The highest BCUT2D eigenvalue weighted by Gasteiger charge is 2.23. The molecule has 1 aromatic heterocycles. The van der Waals surface area contributed by atoms with E-state index in [0.717, 1.165) is 18.2 Å². The molecule has 1 fully saturated rings. The number of nitrogens with one attached hydrogen (secondary N) is 3. The van der Waals surface area contributed by atoms with Gasteiger partial charge in [0, 0.05) is 22.8 Å². The van der Waals surface area contributed by atoms with Gasteiger partial charge in [0.2, 0.25) is 5.91 Å². The topological polar surface area (TPSA) is 105 Å². The number of nitrogens with zero attached hydrogens (tertiary/aromatic N) is 2. The molecule has 3 amide bonds. The highest BCUT2D eigenvalue weighted by atomic mass is 16.2. The van der Waals surface area contributed by atoms with Crippen molar-refractivity contribution in [3.63, 3.8) is 0 Å². The highest BCUT2D eigenvalue weighted by Crippen LogP contribution is 2.19. The molecule has 0 radical (unpaired) electrons. The van der Waals surface area contributed by atoms with Gasteiger partial charge in [-0.3, -0.25) is 9.59 Å². The quantitative estimate of drug-likeness (QED) is 0.622. The van der Waals surface area contributed by atoms with E-state index < -0.39 is 0 Å². The van der Waals surface area contributed by atoms with E-state index in [1.54, 1.807) is 43.3 Å². The fraction of sp³-hybridized carbons (Fsp3) is 0.238. The van der Waals surface area contributed by atoms with Crippen LogP contribution in [0.3, 0.4) is 0 Å². The first-order chi connectivity index (χ1) is 14.0. The number of fused-ring (bicyclic) bond motifs is 1. The van der Waals surface area contributed by atoms with Gasteiger partial charge in [-0.05, 0) is 50.1 Å². The molecule has 8 heteroatoms. The summed E-state index contributed by atoms with van der Waals surface area (Å²) in [5, 5.41) is 13.9. The predicted octanol–water partition coefficient (Wildman–Crippen LogP) is 2.63. The van der Waals surface area contributed by atoms with Crippen LogP contribution in [-0.4, -0.2) is 27.8 Å². The fourth-order valence-electron chi connectivity index (χ4n) is 3.07. The second-order valence-corrected chi connectivity index (χ2v) is 7.09. The van der Waals surface area contributed by atoms with Crippen molar-refractivity contribution >= 4 is 34.1 Å². The molecule has 3 N–H and O–H groups in total. The molecule has 2 aromatic carbocycles. The van der Waals surface area contributed by atoms with Crippen LogP contribution in [-0.2, 0) is 11.3 Å². The summed E-state index contributed by atoms with van der Waals surface area (Å²) in [6.07, 6.45) is 2.04. The van der Waals surface area contributed by atoms with Crippen LogP contribution in [0.25, 0.3) is 10.8 Å². The molecular weight excluding hydrogens is 370 g/mol. The molecule has 0 atom stereocenters. The van der Waals surface area contributed by atoms with Gasteiger partial charge in [0.05, 0.1) is 11.1 Å². The smallest absolute Gasteiger partial charge is 0.319 e. The maximum absolute atomic E-state index is 12.6. The average Bonchev–Trinajstić information content (AvgIpc) is 3.51. The van der Waals surface area contributed by atoms with E-state index in [1.165, 1.54) is 4.68 Å². The van der Waals surface area contributed by atoms with Crippen LogP contribution in [0.4, 0.5) is 16.2 Å². The van der Waals surface area contributed by atoms with Crippen LogP contribution in [0.2, 0.25) is 0 Å². The lowest BCUT2D eigenvalue weighted by Gasteiger charge is -2.10. The zero-order valence-corrected chi connectivity index (χ0v) is 15.9. The highest BCUT2D eigenvalue weighted by molar-refractivity contribution is 5.92. The number of carbonyl (C=O) groups is 2. The van der Waals surface area contributed by atoms with Gasteiger partial charge in [0.1, 0.15) is 6.54 Å². The number of anilines is 2. The van der Waals surface area contributed by atoms with Gasteiger partial charge in [-0.1, -0.05) is 18.2 Å². The zero-order valence-electron chi connectivity index (χ0n) is 15.9. The molecule has 1 saturated carbocycles. The molecule has 0 unspecified atom stereocenters. The predicted molar refractivity (Wildman–Crippen MR) is 111 cm³/mol. The summed E-state index contributed by atoms with van der Waals surface area (Å²) >= 11 is 0. The monoisotopic (exact) mass is 391 g/mol. The van der Waals surface area contributed by atoms with Crippen LogP contribution in [0.15, 0.2) is 53.3 Å². The van der Waals surface area contributed by atoms with Crippen molar-refractivity contribution in [1.29, 1.82) is 0 Å². The molecule has 29 heavy (non-hydrogen) atoms. The molecule has 3 aromatic rings. The lowest BCUT2D eigenvalue weighted by molar-refractivity contribution is -0.117. The van der Waals surface area contributed by atoms with Crippen molar-refractivity contribution < 1.29 is 9.59 Å². The molecule has 4 rings (SSSR count). The minimum absolute atomic E-state index is 0.186. The molecule has 0 bridgehead atoms. The maximum atomic E-state index is 12.6. The average molecular weight is 391 g/mol. The molecule has 0 aliphatic heterocycles. The molecule has 0 spiro atoms. The molecular formula is C21H21N5O3. The third-order valence-corrected chi connectivity index (χ3v) is 4.68. The number of amides is 3. The van der Waals surface area contributed by atoms with E-state index in [-0.39, 0.29) is 30.1 Å². The summed E-state index contributed by atoms with van der Waals surface area (Å²) in [6, 6.07) is 14.0. The number of rotatable bonds is 5. The second kappa shape index (κ2) is 7.75. The van der Waals surface area contributed by atoms with Crippen molar-refractivity contribution in [1.82, 2.24) is 15.1 Å². The van der Waals surface area contributed by atoms with Crippen molar-refractivity contribution in [2.24, 2.45) is 0 Å². The standard InChI is InChI=1S/C21H21N5O3/c1-13-17-4-2-3-5-18(17)20(28)26(25-13)12-19(27)22-14-6-8-15(9-7-14)23-21(29)24-16-10-11-16/h2-9,16H,10-12H2,1H3,(H,22,27)(H2,23,24,29). The Morgan fingerprint density at radius 2 is 1.62 bits per heavy atom. The maximum Gasteiger partial charge on any atom is 0.319 e. The molecule has 1 heterocycles. The molecule has 148 valence electrons. The SMILES string of the molecule is Cc1nn(CC(=O)Nc2ccc(NC(=O)NC3CC3)cc2)c(=O)c2ccccc12. The zero-order chi connectivity index (χ0) is 20.4. The molecule has 1 aliphatic rings. The fourth-order valence-corrected chi connectivity index (χ4v) is 3.07. The Hall–Kier alpha value is -3.68. The summed E-state index contributed by atoms with van der Waals surface area (Å²) in [6.45, 7) is 1.62. The number of hydrogen-bond donors (Lipinski definition) is 3. The van der Waals surface area contributed by atoms with Crippen LogP contribution >= 0.6 is 0 Å². The van der Waals surface area contributed by atoms with Crippen LogP contribution < -0.4 is 21.5 Å². The van der Waals surface area contributed by atoms with Crippen molar-refractivity contribution in [2.45, 2.75) is 32.4 Å². The van der Waals surface area contributed by atoms with Crippen LogP contribution in [0.5, 0.6) is 0 Å². The Morgan fingerprint density at radius 3 is 2.28 bits per heavy atom. The first kappa shape index (κ1) is 18.7. The Labute approximate surface area is 166 Å². The van der Waals surface area contributed by atoms with Gasteiger partial charge in [-0.2, -0.15) is 5.10 Å². The minimum atomic E-state index is -0.360. The van der Waals surface area contributed by atoms with Crippen LogP contribution in [0.1, 0.15) is 18.5 Å². The van der Waals surface area contributed by atoms with Crippen molar-refractivity contribution in [2.75, 3.05) is 10.6 Å². The molecule has 1 aliphatic carbocycles. The summed E-state index contributed by atoms with van der Waals surface area (Å²) in [5.41, 5.74) is 1.58. The van der Waals surface area contributed by atoms with E-state index >= 15 is 0 Å². The first-order valence-electron chi connectivity index (χ1n) is 9.43. The van der Waals surface area contributed by atoms with Gasteiger partial charge in [0.25, 0.3) is 5.56 Å². The lowest BCUT2D eigenvalue weighted by Crippen LogP contribution is -2.30. The summed E-state index contributed by atoms with van der Waals surface area (Å²) in [7, 11) is 0. The molecule has 0 saturated heterocycles. The van der Waals surface area contributed by atoms with Crippen molar-refractivity contribution in [3.8, 4) is 0 Å². The number of aryl methyl sites for hydroxylation is 1. The van der Waals surface area contributed by atoms with E-state index in [1.807, 2.05) is 12.1 Å². The van der Waals surface area contributed by atoms with Gasteiger partial charge in [-0.15, -0.1) is 0 Å². The van der Waals surface area contributed by atoms with E-state index in [9.17, 15) is 14.4 Å². The van der Waals surface area contributed by atoms with E-state index in [2.05, 4.69) is 21.0 Å². The Morgan fingerprint density at radius 1 is 1.00 bits per heavy atom. The number of aromatic nitrogens is 2. The number of benzene rings is 2. The summed E-state index contributed by atoms with van der Waals surface area (Å²) in [5.74, 6) is -0.360. The Bertz CT molecular complexity index is 1130.